The number of oxazole rings is 1. The molecule has 0 saturated heterocycles. The predicted octanol–water partition coefficient (Wildman–Crippen LogP) is 5.08. The SMILES string of the molecule is C[C@H](OC(=O)/C=C/c1nc2ccccc2o1)C(=O)Nc1ccccc1-c1ccccc1. The van der Waals surface area contributed by atoms with Crippen molar-refractivity contribution in [1.29, 1.82) is 0 Å². The Morgan fingerprint density at radius 1 is 0.968 bits per heavy atom. The normalized spacial score (nSPS) is 12.0. The standard InChI is InChI=1S/C25H20N2O4/c1-17(30-24(28)16-15-23-26-21-13-7-8-14-22(21)31-23)25(29)27-20-12-6-5-11-19(20)18-9-3-2-4-10-18/h2-17H,1H3,(H,27,29)/b16-15+/t17-/m0/s1. The number of para-hydroxylation sites is 3. The molecule has 0 unspecified atom stereocenters. The number of nitrogens with zero attached hydrogens (tertiary/aromatic N) is 1. The Morgan fingerprint density at radius 2 is 1.68 bits per heavy atom. The Labute approximate surface area is 179 Å². The van der Waals surface area contributed by atoms with E-state index in [2.05, 4.69) is 10.3 Å². The molecule has 154 valence electrons. The highest BCUT2D eigenvalue weighted by Crippen LogP contribution is 2.27. The molecule has 1 aromatic heterocycles. The van der Waals surface area contributed by atoms with Crippen molar-refractivity contribution >= 4 is 34.7 Å². The van der Waals surface area contributed by atoms with Crippen LogP contribution in [0.4, 0.5) is 5.69 Å². The highest BCUT2D eigenvalue weighted by Gasteiger charge is 2.18. The van der Waals surface area contributed by atoms with Crippen LogP contribution in [0, 0.1) is 0 Å². The van der Waals surface area contributed by atoms with Crippen molar-refractivity contribution in [3.8, 4) is 11.1 Å². The van der Waals surface area contributed by atoms with E-state index in [1.807, 2.05) is 72.8 Å². The van der Waals surface area contributed by atoms with Gasteiger partial charge in [0.2, 0.25) is 5.89 Å². The molecule has 0 aliphatic heterocycles. The molecule has 4 rings (SSSR count). The summed E-state index contributed by atoms with van der Waals surface area (Å²) in [5.41, 5.74) is 3.82. The smallest absolute Gasteiger partial charge is 0.331 e. The van der Waals surface area contributed by atoms with Crippen molar-refractivity contribution in [3.63, 3.8) is 0 Å². The third-order valence-corrected chi connectivity index (χ3v) is 4.60. The Bertz CT molecular complexity index is 1210. The number of anilines is 1. The van der Waals surface area contributed by atoms with Crippen LogP contribution >= 0.6 is 0 Å². The van der Waals surface area contributed by atoms with Gasteiger partial charge in [-0.05, 0) is 30.7 Å². The van der Waals surface area contributed by atoms with Crippen molar-refractivity contribution in [1.82, 2.24) is 4.98 Å². The summed E-state index contributed by atoms with van der Waals surface area (Å²) in [4.78, 5) is 29.0. The molecule has 6 nitrogen and oxygen atoms in total. The summed E-state index contributed by atoms with van der Waals surface area (Å²) in [5.74, 6) is -0.805. The minimum atomic E-state index is -0.982. The average Bonchev–Trinajstić information content (AvgIpc) is 3.22. The molecular weight excluding hydrogens is 392 g/mol. The summed E-state index contributed by atoms with van der Waals surface area (Å²) in [5, 5.41) is 2.83. The van der Waals surface area contributed by atoms with Gasteiger partial charge in [-0.15, -0.1) is 0 Å². The van der Waals surface area contributed by atoms with Crippen molar-refractivity contribution < 1.29 is 18.7 Å². The number of esters is 1. The quantitative estimate of drug-likeness (QED) is 0.353. The number of hydrogen-bond donors (Lipinski definition) is 1. The molecule has 1 atom stereocenters. The van der Waals surface area contributed by atoms with Crippen LogP contribution in [0.5, 0.6) is 0 Å². The maximum Gasteiger partial charge on any atom is 0.331 e. The van der Waals surface area contributed by atoms with Crippen molar-refractivity contribution in [3.05, 3.63) is 90.8 Å². The van der Waals surface area contributed by atoms with E-state index in [0.29, 0.717) is 16.8 Å². The van der Waals surface area contributed by atoms with Gasteiger partial charge in [0.25, 0.3) is 5.91 Å². The van der Waals surface area contributed by atoms with E-state index in [-0.39, 0.29) is 5.89 Å². The lowest BCUT2D eigenvalue weighted by atomic mass is 10.0. The molecule has 0 fully saturated rings. The summed E-state index contributed by atoms with van der Waals surface area (Å²) in [6, 6.07) is 24.5. The zero-order valence-corrected chi connectivity index (χ0v) is 16.8. The van der Waals surface area contributed by atoms with Crippen LogP contribution in [-0.2, 0) is 14.3 Å². The molecule has 0 spiro atoms. The van der Waals surface area contributed by atoms with E-state index in [9.17, 15) is 9.59 Å². The number of nitrogens with one attached hydrogen (secondary N) is 1. The van der Waals surface area contributed by atoms with Gasteiger partial charge < -0.3 is 14.5 Å². The van der Waals surface area contributed by atoms with E-state index in [4.69, 9.17) is 9.15 Å². The number of carbonyl (C=O) groups excluding carboxylic acids is 2. The summed E-state index contributed by atoms with van der Waals surface area (Å²) >= 11 is 0. The average molecular weight is 412 g/mol. The first-order valence-corrected chi connectivity index (χ1v) is 9.80. The fourth-order valence-corrected chi connectivity index (χ4v) is 3.06. The number of carbonyl (C=O) groups is 2. The molecule has 0 aliphatic carbocycles. The van der Waals surface area contributed by atoms with Crippen LogP contribution in [0.1, 0.15) is 12.8 Å². The van der Waals surface area contributed by atoms with Crippen LogP contribution < -0.4 is 5.32 Å². The lowest BCUT2D eigenvalue weighted by Gasteiger charge is -2.15. The second kappa shape index (κ2) is 9.09. The fourth-order valence-electron chi connectivity index (χ4n) is 3.06. The lowest BCUT2D eigenvalue weighted by Crippen LogP contribution is -2.29. The number of amides is 1. The number of rotatable bonds is 6. The number of hydrogen-bond acceptors (Lipinski definition) is 5. The van der Waals surface area contributed by atoms with Gasteiger partial charge in [-0.1, -0.05) is 60.7 Å². The predicted molar refractivity (Wildman–Crippen MR) is 119 cm³/mol. The van der Waals surface area contributed by atoms with Gasteiger partial charge in [0, 0.05) is 23.4 Å². The number of fused-ring (bicyclic) bond motifs is 1. The highest BCUT2D eigenvalue weighted by molar-refractivity contribution is 5.99. The third-order valence-electron chi connectivity index (χ3n) is 4.60. The highest BCUT2D eigenvalue weighted by atomic mass is 16.5. The first-order valence-electron chi connectivity index (χ1n) is 9.80. The molecular formula is C25H20N2O4. The van der Waals surface area contributed by atoms with Crippen LogP contribution in [0.2, 0.25) is 0 Å². The molecule has 0 bridgehead atoms. The molecule has 0 aliphatic rings. The van der Waals surface area contributed by atoms with Gasteiger partial charge in [-0.25, -0.2) is 9.78 Å². The van der Waals surface area contributed by atoms with E-state index >= 15 is 0 Å². The maximum atomic E-state index is 12.6. The topological polar surface area (TPSA) is 81.4 Å². The summed E-state index contributed by atoms with van der Waals surface area (Å²) in [6.45, 7) is 1.52. The molecule has 6 heteroatoms. The van der Waals surface area contributed by atoms with Crippen LogP contribution in [0.25, 0.3) is 28.3 Å². The number of aromatic nitrogens is 1. The van der Waals surface area contributed by atoms with Crippen molar-refractivity contribution in [2.45, 2.75) is 13.0 Å². The zero-order chi connectivity index (χ0) is 21.6. The van der Waals surface area contributed by atoms with E-state index in [0.717, 1.165) is 11.1 Å². The fraction of sp³-hybridized carbons (Fsp3) is 0.0800. The number of benzene rings is 3. The van der Waals surface area contributed by atoms with E-state index in [1.165, 1.54) is 19.1 Å². The molecule has 1 N–H and O–H groups in total. The second-order valence-corrected chi connectivity index (χ2v) is 6.83. The first kappa shape index (κ1) is 20.1. The summed E-state index contributed by atoms with van der Waals surface area (Å²) < 4.78 is 10.7. The Hall–Kier alpha value is -4.19. The molecule has 1 heterocycles. The van der Waals surface area contributed by atoms with Gasteiger partial charge in [-0.2, -0.15) is 0 Å². The van der Waals surface area contributed by atoms with E-state index in [1.54, 1.807) is 6.07 Å². The van der Waals surface area contributed by atoms with Crippen LogP contribution in [0.3, 0.4) is 0 Å². The molecule has 3 aromatic carbocycles. The Morgan fingerprint density at radius 3 is 2.48 bits per heavy atom. The van der Waals surface area contributed by atoms with Gasteiger partial charge in [0.05, 0.1) is 0 Å². The molecule has 0 saturated carbocycles. The number of ether oxygens (including phenoxy) is 1. The van der Waals surface area contributed by atoms with Gasteiger partial charge in [0.15, 0.2) is 11.7 Å². The monoisotopic (exact) mass is 412 g/mol. The largest absolute Gasteiger partial charge is 0.449 e. The molecule has 1 amide bonds. The third kappa shape index (κ3) is 4.87. The molecule has 31 heavy (non-hydrogen) atoms. The van der Waals surface area contributed by atoms with Gasteiger partial charge >= 0.3 is 5.97 Å². The lowest BCUT2D eigenvalue weighted by molar-refractivity contribution is -0.148. The van der Waals surface area contributed by atoms with Crippen LogP contribution in [-0.4, -0.2) is 23.0 Å². The molecule has 4 aromatic rings. The minimum Gasteiger partial charge on any atom is -0.449 e. The first-order chi connectivity index (χ1) is 15.1. The maximum absolute atomic E-state index is 12.6. The van der Waals surface area contributed by atoms with Crippen molar-refractivity contribution in [2.75, 3.05) is 5.32 Å². The van der Waals surface area contributed by atoms with E-state index < -0.39 is 18.0 Å². The molecule has 0 radical (unpaired) electrons. The van der Waals surface area contributed by atoms with Gasteiger partial charge in [-0.3, -0.25) is 4.79 Å². The summed E-state index contributed by atoms with van der Waals surface area (Å²) in [6.07, 6.45) is 1.62. The van der Waals surface area contributed by atoms with Crippen LogP contribution in [0.15, 0.2) is 89.4 Å². The zero-order valence-electron chi connectivity index (χ0n) is 16.8. The second-order valence-electron chi connectivity index (χ2n) is 6.83. The minimum absolute atomic E-state index is 0.284. The Kier molecular flexibility index (Phi) is 5.89. The Balaban J connectivity index is 1.39. The van der Waals surface area contributed by atoms with Crippen molar-refractivity contribution in [2.24, 2.45) is 0 Å². The van der Waals surface area contributed by atoms with Gasteiger partial charge in [0.1, 0.15) is 5.52 Å². The summed E-state index contributed by atoms with van der Waals surface area (Å²) in [7, 11) is 0.